The first-order valence-corrected chi connectivity index (χ1v) is 47.1. The van der Waals surface area contributed by atoms with Gasteiger partial charge in [0, 0.05) is 25.7 Å². The molecule has 0 radical (unpaired) electrons. The largest absolute Gasteiger partial charge is 0.472 e. The minimum absolute atomic E-state index is 0.106. The highest BCUT2D eigenvalue weighted by Gasteiger charge is 2.30. The van der Waals surface area contributed by atoms with Gasteiger partial charge in [-0.15, -0.1) is 0 Å². The third-order valence-electron chi connectivity index (χ3n) is 20.7. The number of hydrogen-bond acceptors (Lipinski definition) is 15. The molecular weight excluding hydrogens is 1350 g/mol. The molecule has 0 aromatic rings. The molecule has 0 saturated heterocycles. The van der Waals surface area contributed by atoms with Crippen molar-refractivity contribution < 1.29 is 80.2 Å². The molecule has 17 nitrogen and oxygen atoms in total. The Morgan fingerprint density at radius 1 is 0.269 bits per heavy atom. The molecule has 19 heteroatoms. The molecule has 0 aromatic carbocycles. The third-order valence-corrected chi connectivity index (χ3v) is 22.6. The number of hydrogen-bond donors (Lipinski definition) is 3. The number of unbranched alkanes of at least 4 members (excludes halogenated alkanes) is 52. The van der Waals surface area contributed by atoms with E-state index >= 15 is 0 Å². The van der Waals surface area contributed by atoms with Crippen LogP contribution < -0.4 is 0 Å². The van der Waals surface area contributed by atoms with Crippen LogP contribution in [0.3, 0.4) is 0 Å². The van der Waals surface area contributed by atoms with Crippen molar-refractivity contribution in [3.8, 4) is 0 Å². The quantitative estimate of drug-likeness (QED) is 0.0222. The van der Waals surface area contributed by atoms with E-state index in [9.17, 15) is 43.2 Å². The molecule has 0 aromatic heterocycles. The lowest BCUT2D eigenvalue weighted by atomic mass is 9.99. The summed E-state index contributed by atoms with van der Waals surface area (Å²) in [4.78, 5) is 73.2. The Bertz CT molecular complexity index is 2000. The normalized spacial score (nSPS) is 14.4. The highest BCUT2D eigenvalue weighted by molar-refractivity contribution is 7.47. The lowest BCUT2D eigenvalue weighted by molar-refractivity contribution is -0.161. The maximum atomic E-state index is 13.1. The number of phosphoric ester groups is 2. The van der Waals surface area contributed by atoms with Crippen LogP contribution in [0, 0.1) is 11.8 Å². The van der Waals surface area contributed by atoms with Crippen molar-refractivity contribution in [2.45, 2.75) is 471 Å². The lowest BCUT2D eigenvalue weighted by Gasteiger charge is -2.21. The van der Waals surface area contributed by atoms with Crippen molar-refractivity contribution in [3.05, 3.63) is 0 Å². The lowest BCUT2D eigenvalue weighted by Crippen LogP contribution is -2.30. The molecular formula is C85H166O17P2. The highest BCUT2D eigenvalue weighted by Crippen LogP contribution is 2.45. The van der Waals surface area contributed by atoms with Crippen molar-refractivity contribution >= 4 is 39.5 Å². The van der Waals surface area contributed by atoms with Crippen LogP contribution in [0.4, 0.5) is 0 Å². The van der Waals surface area contributed by atoms with Crippen molar-refractivity contribution in [3.63, 3.8) is 0 Å². The molecule has 0 aliphatic heterocycles. The second kappa shape index (κ2) is 76.4. The van der Waals surface area contributed by atoms with Gasteiger partial charge in [0.05, 0.1) is 26.4 Å². The maximum absolute atomic E-state index is 13.1. The number of ether oxygens (including phenoxy) is 4. The molecule has 0 spiro atoms. The second-order valence-corrected chi connectivity index (χ2v) is 34.0. The molecule has 0 bridgehead atoms. The molecule has 0 amide bonds. The topological polar surface area (TPSA) is 237 Å². The first-order chi connectivity index (χ1) is 50.4. The molecule has 0 aliphatic carbocycles. The van der Waals surface area contributed by atoms with E-state index in [2.05, 4.69) is 41.5 Å². The average molecular weight is 1520 g/mol. The van der Waals surface area contributed by atoms with Crippen LogP contribution in [0.25, 0.3) is 0 Å². The van der Waals surface area contributed by atoms with Crippen LogP contribution in [0.2, 0.25) is 0 Å². The zero-order valence-electron chi connectivity index (χ0n) is 68.3. The van der Waals surface area contributed by atoms with Gasteiger partial charge in [-0.3, -0.25) is 37.3 Å². The molecule has 4 unspecified atom stereocenters. The first kappa shape index (κ1) is 102. The SMILES string of the molecule is CCCCCCCCCCCCCCCCCCCCCCC(=O)O[C@H](COC(=O)CCCCCCCCCCCCCCCCCCCC)COP(=O)(O)OC[C@@H](O)COP(=O)(O)OC[C@@H](COC(=O)CCCCCCCCCCC(C)CC)OC(=O)CCCCCCCCCCCCC(C)CC. The van der Waals surface area contributed by atoms with Gasteiger partial charge in [-0.05, 0) is 37.5 Å². The van der Waals surface area contributed by atoms with Crippen LogP contribution >= 0.6 is 15.6 Å². The van der Waals surface area contributed by atoms with Crippen LogP contribution in [0.1, 0.15) is 452 Å². The Kier molecular flexibility index (Phi) is 75.0. The van der Waals surface area contributed by atoms with Gasteiger partial charge in [0.1, 0.15) is 19.3 Å². The first-order valence-electron chi connectivity index (χ1n) is 44.1. The van der Waals surface area contributed by atoms with Crippen molar-refractivity contribution in [1.29, 1.82) is 0 Å². The zero-order chi connectivity index (χ0) is 76.4. The predicted octanol–water partition coefficient (Wildman–Crippen LogP) is 25.8. The Labute approximate surface area is 638 Å². The van der Waals surface area contributed by atoms with E-state index in [0.717, 1.165) is 102 Å². The number of phosphoric acid groups is 2. The summed E-state index contributed by atoms with van der Waals surface area (Å²) >= 11 is 0. The molecule has 0 heterocycles. The second-order valence-electron chi connectivity index (χ2n) is 31.1. The molecule has 618 valence electrons. The van der Waals surface area contributed by atoms with E-state index < -0.39 is 97.5 Å². The monoisotopic (exact) mass is 1520 g/mol. The van der Waals surface area contributed by atoms with Gasteiger partial charge in [-0.1, -0.05) is 401 Å². The van der Waals surface area contributed by atoms with Crippen LogP contribution in [-0.2, 0) is 65.4 Å². The van der Waals surface area contributed by atoms with Gasteiger partial charge in [-0.25, -0.2) is 9.13 Å². The number of aliphatic hydroxyl groups is 1. The molecule has 0 rings (SSSR count). The summed E-state index contributed by atoms with van der Waals surface area (Å²) in [6, 6.07) is 0. The molecule has 0 fully saturated rings. The zero-order valence-corrected chi connectivity index (χ0v) is 70.1. The third kappa shape index (κ3) is 75.5. The molecule has 0 aliphatic rings. The summed E-state index contributed by atoms with van der Waals surface area (Å²) in [6.45, 7) is 9.69. The fourth-order valence-electron chi connectivity index (χ4n) is 13.2. The Hall–Kier alpha value is -1.94. The molecule has 0 saturated carbocycles. The van der Waals surface area contributed by atoms with Crippen molar-refractivity contribution in [2.75, 3.05) is 39.6 Å². The maximum Gasteiger partial charge on any atom is 0.472 e. The van der Waals surface area contributed by atoms with E-state index in [1.807, 2.05) is 0 Å². The van der Waals surface area contributed by atoms with Crippen LogP contribution in [-0.4, -0.2) is 96.7 Å². The minimum Gasteiger partial charge on any atom is -0.462 e. The van der Waals surface area contributed by atoms with E-state index in [1.54, 1.807) is 0 Å². The van der Waals surface area contributed by atoms with Crippen LogP contribution in [0.15, 0.2) is 0 Å². The van der Waals surface area contributed by atoms with Gasteiger partial charge >= 0.3 is 39.5 Å². The van der Waals surface area contributed by atoms with Gasteiger partial charge in [0.25, 0.3) is 0 Å². The number of carbonyl (C=O) groups is 4. The van der Waals surface area contributed by atoms with Gasteiger partial charge in [0.2, 0.25) is 0 Å². The molecule has 3 N–H and O–H groups in total. The van der Waals surface area contributed by atoms with E-state index in [1.165, 1.54) is 270 Å². The van der Waals surface area contributed by atoms with Gasteiger partial charge < -0.3 is 33.8 Å². The molecule has 7 atom stereocenters. The smallest absolute Gasteiger partial charge is 0.462 e. The van der Waals surface area contributed by atoms with E-state index in [-0.39, 0.29) is 25.7 Å². The number of aliphatic hydroxyl groups excluding tert-OH is 1. The summed E-state index contributed by atoms with van der Waals surface area (Å²) in [7, 11) is -9.93. The highest BCUT2D eigenvalue weighted by atomic mass is 31.2. The van der Waals surface area contributed by atoms with E-state index in [4.69, 9.17) is 37.0 Å². The summed E-state index contributed by atoms with van der Waals surface area (Å²) in [5.41, 5.74) is 0. The summed E-state index contributed by atoms with van der Waals surface area (Å²) in [6.07, 6.45) is 67.9. The van der Waals surface area contributed by atoms with Crippen molar-refractivity contribution in [2.24, 2.45) is 11.8 Å². The van der Waals surface area contributed by atoms with Crippen molar-refractivity contribution in [1.82, 2.24) is 0 Å². The Balaban J connectivity index is 5.26. The summed E-state index contributed by atoms with van der Waals surface area (Å²) < 4.78 is 68.9. The fourth-order valence-corrected chi connectivity index (χ4v) is 14.8. The van der Waals surface area contributed by atoms with Gasteiger partial charge in [-0.2, -0.15) is 0 Å². The number of esters is 4. The molecule has 104 heavy (non-hydrogen) atoms. The fraction of sp³-hybridized carbons (Fsp3) is 0.953. The summed E-state index contributed by atoms with van der Waals surface area (Å²) in [5.74, 6) is -0.524. The average Bonchev–Trinajstić information content (AvgIpc) is 0.906. The van der Waals surface area contributed by atoms with Gasteiger partial charge in [0.15, 0.2) is 12.2 Å². The summed E-state index contributed by atoms with van der Waals surface area (Å²) in [5, 5.41) is 10.7. The van der Waals surface area contributed by atoms with Crippen LogP contribution in [0.5, 0.6) is 0 Å². The van der Waals surface area contributed by atoms with E-state index in [0.29, 0.717) is 25.7 Å². The predicted molar refractivity (Wildman–Crippen MR) is 428 cm³/mol. The minimum atomic E-state index is -4.97. The number of rotatable bonds is 84. The Morgan fingerprint density at radius 2 is 0.462 bits per heavy atom. The standard InChI is InChI=1S/C85H166O17P2/c1-7-11-13-15-17-19-21-23-25-27-29-30-32-34-36-38-43-51-57-63-69-84(89)101-80(73-95-82(87)67-61-55-49-42-37-35-33-31-28-26-24-22-20-18-16-14-12-8-2)75-99-103(91,92)97-71-79(86)72-98-104(93,94)100-76-81(74-96-83(88)68-62-56-50-46-45-48-54-60-66-78(6)10-4)102-85(90)70-64-58-52-44-40-39-41-47-53-59-65-77(5)9-3/h77-81,86H,7-76H2,1-6H3,(H,91,92)(H,93,94)/t77?,78?,79-,80-,81-/m1/s1. The Morgan fingerprint density at radius 3 is 0.683 bits per heavy atom. The number of carbonyl (C=O) groups excluding carboxylic acids is 4.